The van der Waals surface area contributed by atoms with Crippen molar-refractivity contribution in [2.24, 2.45) is 5.92 Å². The van der Waals surface area contributed by atoms with Crippen LogP contribution in [0.5, 0.6) is 0 Å². The first-order valence-corrected chi connectivity index (χ1v) is 2.66. The quantitative estimate of drug-likeness (QED) is 0.451. The predicted octanol–water partition coefficient (Wildman–Crippen LogP) is -0.846. The summed E-state index contributed by atoms with van der Waals surface area (Å²) >= 11 is 0. The van der Waals surface area contributed by atoms with E-state index in [1.54, 1.807) is 0 Å². The lowest BCUT2D eigenvalue weighted by Crippen LogP contribution is -2.24. The lowest BCUT2D eigenvalue weighted by atomic mass is 10.1. The van der Waals surface area contributed by atoms with Gasteiger partial charge in [-0.25, -0.2) is 0 Å². The van der Waals surface area contributed by atoms with E-state index in [0.717, 1.165) is 0 Å². The Morgan fingerprint density at radius 1 is 1.20 bits per heavy atom. The number of hydrogen-bond acceptors (Lipinski definition) is 3. The Balaban J connectivity index is 3.98. The summed E-state index contributed by atoms with van der Waals surface area (Å²) in [4.78, 5) is 20.1. The van der Waals surface area contributed by atoms with Gasteiger partial charge in [-0.1, -0.05) is 0 Å². The minimum atomic E-state index is -1.48. The molecule has 5 nitrogen and oxygen atoms in total. The fourth-order valence-corrected chi connectivity index (χ4v) is 0.482. The average molecular weight is 148 g/mol. The highest BCUT2D eigenvalue weighted by molar-refractivity contribution is 5.92. The SMILES string of the molecule is O=C(O)C(CCO)C(=O)O. The lowest BCUT2D eigenvalue weighted by molar-refractivity contribution is -0.155. The average Bonchev–Trinajstić information content (AvgIpc) is 1.81. The molecule has 10 heavy (non-hydrogen) atoms. The summed E-state index contributed by atoms with van der Waals surface area (Å²) in [5, 5.41) is 24.6. The van der Waals surface area contributed by atoms with Crippen LogP contribution in [-0.4, -0.2) is 33.9 Å². The monoisotopic (exact) mass is 148 g/mol. The summed E-state index contributed by atoms with van der Waals surface area (Å²) in [5.74, 6) is -4.31. The minimum absolute atomic E-state index is 0.245. The normalized spacial score (nSPS) is 9.80. The number of aliphatic hydroxyl groups is 1. The van der Waals surface area contributed by atoms with Crippen molar-refractivity contribution in [1.29, 1.82) is 0 Å². The van der Waals surface area contributed by atoms with Crippen molar-refractivity contribution < 1.29 is 24.9 Å². The van der Waals surface area contributed by atoms with Crippen molar-refractivity contribution in [3.05, 3.63) is 0 Å². The zero-order valence-corrected chi connectivity index (χ0v) is 5.15. The molecule has 0 aromatic rings. The van der Waals surface area contributed by atoms with Gasteiger partial charge in [0.2, 0.25) is 0 Å². The van der Waals surface area contributed by atoms with Gasteiger partial charge in [-0.15, -0.1) is 0 Å². The third-order valence-electron chi connectivity index (χ3n) is 1.01. The van der Waals surface area contributed by atoms with E-state index in [2.05, 4.69) is 0 Å². The zero-order valence-electron chi connectivity index (χ0n) is 5.15. The first kappa shape index (κ1) is 8.90. The Morgan fingerprint density at radius 2 is 1.60 bits per heavy atom. The fourth-order valence-electron chi connectivity index (χ4n) is 0.482. The van der Waals surface area contributed by atoms with E-state index in [4.69, 9.17) is 15.3 Å². The molecule has 0 aliphatic rings. The van der Waals surface area contributed by atoms with Gasteiger partial charge in [0.25, 0.3) is 0 Å². The van der Waals surface area contributed by atoms with Crippen LogP contribution >= 0.6 is 0 Å². The zero-order chi connectivity index (χ0) is 8.15. The smallest absolute Gasteiger partial charge is 0.317 e. The first-order valence-electron chi connectivity index (χ1n) is 2.66. The molecule has 0 saturated heterocycles. The van der Waals surface area contributed by atoms with E-state index < -0.39 is 24.5 Å². The number of carboxylic acids is 2. The molecule has 58 valence electrons. The number of carbonyl (C=O) groups is 2. The highest BCUT2D eigenvalue weighted by Crippen LogP contribution is 2.01. The van der Waals surface area contributed by atoms with Crippen molar-refractivity contribution in [2.45, 2.75) is 6.42 Å². The van der Waals surface area contributed by atoms with Gasteiger partial charge in [0.1, 0.15) is 0 Å². The summed E-state index contributed by atoms with van der Waals surface area (Å²) in [7, 11) is 0. The molecule has 0 fully saturated rings. The van der Waals surface area contributed by atoms with E-state index >= 15 is 0 Å². The molecule has 0 aromatic carbocycles. The summed E-state index contributed by atoms with van der Waals surface area (Å²) < 4.78 is 0. The number of aliphatic hydroxyl groups excluding tert-OH is 1. The van der Waals surface area contributed by atoms with Crippen molar-refractivity contribution in [2.75, 3.05) is 6.61 Å². The first-order chi connectivity index (χ1) is 4.59. The van der Waals surface area contributed by atoms with Gasteiger partial charge in [0.05, 0.1) is 0 Å². The number of carboxylic acid groups (broad SMARTS) is 2. The Morgan fingerprint density at radius 3 is 1.70 bits per heavy atom. The maximum Gasteiger partial charge on any atom is 0.317 e. The van der Waals surface area contributed by atoms with Gasteiger partial charge in [0.15, 0.2) is 5.92 Å². The summed E-state index contributed by atoms with van der Waals surface area (Å²) in [6, 6.07) is 0. The van der Waals surface area contributed by atoms with Gasteiger partial charge in [-0.05, 0) is 6.42 Å². The molecule has 0 aliphatic heterocycles. The van der Waals surface area contributed by atoms with Crippen LogP contribution < -0.4 is 0 Å². The number of aliphatic carboxylic acids is 2. The Kier molecular flexibility index (Phi) is 3.42. The van der Waals surface area contributed by atoms with Crippen molar-refractivity contribution in [3.63, 3.8) is 0 Å². The summed E-state index contributed by atoms with van der Waals surface area (Å²) in [6.07, 6.45) is -0.245. The van der Waals surface area contributed by atoms with Crippen molar-refractivity contribution >= 4 is 11.9 Å². The van der Waals surface area contributed by atoms with E-state index in [-0.39, 0.29) is 6.42 Å². The molecule has 0 radical (unpaired) electrons. The summed E-state index contributed by atoms with van der Waals surface area (Å²) in [6.45, 7) is -0.427. The molecule has 0 heterocycles. The minimum Gasteiger partial charge on any atom is -0.481 e. The van der Waals surface area contributed by atoms with Crippen LogP contribution in [0.1, 0.15) is 6.42 Å². The fraction of sp³-hybridized carbons (Fsp3) is 0.600. The molecular weight excluding hydrogens is 140 g/mol. The molecule has 0 rings (SSSR count). The van der Waals surface area contributed by atoms with Crippen LogP contribution in [-0.2, 0) is 9.59 Å². The predicted molar refractivity (Wildman–Crippen MR) is 30.5 cm³/mol. The van der Waals surface area contributed by atoms with Crippen LogP contribution in [0.4, 0.5) is 0 Å². The molecule has 0 aromatic heterocycles. The maximum absolute atomic E-state index is 10.0. The number of hydrogen-bond donors (Lipinski definition) is 3. The molecule has 3 N–H and O–H groups in total. The van der Waals surface area contributed by atoms with Crippen LogP contribution in [0.25, 0.3) is 0 Å². The Bertz CT molecular complexity index is 127. The largest absolute Gasteiger partial charge is 0.481 e. The van der Waals surface area contributed by atoms with Crippen LogP contribution in [0, 0.1) is 5.92 Å². The van der Waals surface area contributed by atoms with Gasteiger partial charge in [-0.3, -0.25) is 9.59 Å². The molecule has 0 bridgehead atoms. The molecule has 0 unspecified atom stereocenters. The second-order valence-electron chi connectivity index (χ2n) is 1.74. The summed E-state index contributed by atoms with van der Waals surface area (Å²) in [5.41, 5.74) is 0. The molecule has 5 heteroatoms. The van der Waals surface area contributed by atoms with Crippen molar-refractivity contribution in [1.82, 2.24) is 0 Å². The second kappa shape index (κ2) is 3.84. The van der Waals surface area contributed by atoms with E-state index in [9.17, 15) is 9.59 Å². The Hall–Kier alpha value is -1.10. The van der Waals surface area contributed by atoms with Crippen LogP contribution in [0.2, 0.25) is 0 Å². The molecule has 0 spiro atoms. The van der Waals surface area contributed by atoms with Crippen molar-refractivity contribution in [3.8, 4) is 0 Å². The third-order valence-corrected chi connectivity index (χ3v) is 1.01. The van der Waals surface area contributed by atoms with Gasteiger partial charge in [0, 0.05) is 6.61 Å². The third kappa shape index (κ3) is 2.45. The second-order valence-corrected chi connectivity index (χ2v) is 1.74. The lowest BCUT2D eigenvalue weighted by Gasteiger charge is -2.02. The highest BCUT2D eigenvalue weighted by atomic mass is 16.4. The Labute approximate surface area is 56.9 Å². The topological polar surface area (TPSA) is 94.8 Å². The molecule has 0 amide bonds. The van der Waals surface area contributed by atoms with Gasteiger partial charge < -0.3 is 15.3 Å². The van der Waals surface area contributed by atoms with Gasteiger partial charge in [-0.2, -0.15) is 0 Å². The maximum atomic E-state index is 10.0. The van der Waals surface area contributed by atoms with E-state index in [1.165, 1.54) is 0 Å². The van der Waals surface area contributed by atoms with Gasteiger partial charge >= 0.3 is 11.9 Å². The molecule has 0 saturated carbocycles. The highest BCUT2D eigenvalue weighted by Gasteiger charge is 2.24. The van der Waals surface area contributed by atoms with E-state index in [0.29, 0.717) is 0 Å². The standard InChI is InChI=1S/C5H8O5/c6-2-1-3(4(7)8)5(9)10/h3,6H,1-2H2,(H,7,8)(H,9,10). The molecule has 0 aliphatic carbocycles. The molecule has 0 atom stereocenters. The van der Waals surface area contributed by atoms with E-state index in [1.807, 2.05) is 0 Å². The number of rotatable bonds is 4. The van der Waals surface area contributed by atoms with Crippen LogP contribution in [0.15, 0.2) is 0 Å². The van der Waals surface area contributed by atoms with Crippen LogP contribution in [0.3, 0.4) is 0 Å². The molecular formula is C5H8O5.